The number of aromatic carboxylic acids is 1. The quantitative estimate of drug-likeness (QED) is 0.889. The van der Waals surface area contributed by atoms with Gasteiger partial charge < -0.3 is 10.1 Å². The molecule has 0 atom stereocenters. The summed E-state index contributed by atoms with van der Waals surface area (Å²) >= 11 is 0. The maximum absolute atomic E-state index is 12.1. The first-order chi connectivity index (χ1) is 8.92. The topological polar surface area (TPSA) is 75.1 Å². The Balaban J connectivity index is 2.74. The van der Waals surface area contributed by atoms with Crippen molar-refractivity contribution in [1.82, 2.24) is 9.55 Å². The summed E-state index contributed by atoms with van der Waals surface area (Å²) < 4.78 is 1.73. The van der Waals surface area contributed by atoms with Crippen LogP contribution in [0.4, 0.5) is 0 Å². The highest BCUT2D eigenvalue weighted by Gasteiger charge is 2.26. The van der Waals surface area contributed by atoms with Crippen molar-refractivity contribution in [2.24, 2.45) is 0 Å². The molecule has 5 heteroatoms. The number of benzene rings is 1. The molecular weight excluding hydrogens is 244 g/mol. The number of hydrogen-bond donors (Lipinski definition) is 2. The van der Waals surface area contributed by atoms with E-state index in [1.807, 2.05) is 20.8 Å². The van der Waals surface area contributed by atoms with Crippen LogP contribution in [0.2, 0.25) is 0 Å². The minimum Gasteiger partial charge on any atom is -0.478 e. The SMILES string of the molecule is CCC(C)(CC)n1c(=O)[nH]c2cc(C(=O)O)ccc21. The van der Waals surface area contributed by atoms with Gasteiger partial charge in [-0.1, -0.05) is 13.8 Å². The van der Waals surface area contributed by atoms with Gasteiger partial charge in [0.25, 0.3) is 0 Å². The van der Waals surface area contributed by atoms with Crippen LogP contribution in [0.5, 0.6) is 0 Å². The third kappa shape index (κ3) is 2.05. The third-order valence-electron chi connectivity index (χ3n) is 3.99. The van der Waals surface area contributed by atoms with Crippen LogP contribution in [-0.2, 0) is 5.54 Å². The zero-order chi connectivity index (χ0) is 14.2. The smallest absolute Gasteiger partial charge is 0.335 e. The van der Waals surface area contributed by atoms with Gasteiger partial charge in [0, 0.05) is 5.54 Å². The van der Waals surface area contributed by atoms with E-state index in [9.17, 15) is 9.59 Å². The predicted octanol–water partition coefficient (Wildman–Crippen LogP) is 2.56. The average Bonchev–Trinajstić information content (AvgIpc) is 2.73. The van der Waals surface area contributed by atoms with E-state index in [2.05, 4.69) is 4.98 Å². The summed E-state index contributed by atoms with van der Waals surface area (Å²) in [4.78, 5) is 25.8. The van der Waals surface area contributed by atoms with Crippen molar-refractivity contribution in [2.75, 3.05) is 0 Å². The number of nitrogens with zero attached hydrogens (tertiary/aromatic N) is 1. The van der Waals surface area contributed by atoms with Gasteiger partial charge in [0.05, 0.1) is 16.6 Å². The summed E-state index contributed by atoms with van der Waals surface area (Å²) in [6, 6.07) is 4.72. The second-order valence-electron chi connectivity index (χ2n) is 5.01. The molecule has 0 bridgehead atoms. The number of carbonyl (C=O) groups is 1. The number of rotatable bonds is 4. The fourth-order valence-corrected chi connectivity index (χ4v) is 2.35. The molecule has 0 aliphatic carbocycles. The van der Waals surface area contributed by atoms with Gasteiger partial charge in [-0.25, -0.2) is 9.59 Å². The summed E-state index contributed by atoms with van der Waals surface area (Å²) in [6.07, 6.45) is 1.66. The summed E-state index contributed by atoms with van der Waals surface area (Å²) in [5.74, 6) is -0.996. The highest BCUT2D eigenvalue weighted by atomic mass is 16.4. The first-order valence-electron chi connectivity index (χ1n) is 6.41. The number of fused-ring (bicyclic) bond motifs is 1. The highest BCUT2D eigenvalue weighted by molar-refractivity contribution is 5.92. The number of hydrogen-bond acceptors (Lipinski definition) is 2. The standard InChI is InChI=1S/C14H18N2O3/c1-4-14(3,5-2)16-11-7-6-9(12(17)18)8-10(11)15-13(16)19/h6-8H,4-5H2,1-3H3,(H,15,19)(H,17,18). The number of aromatic nitrogens is 2. The Morgan fingerprint density at radius 2 is 2.00 bits per heavy atom. The van der Waals surface area contributed by atoms with Gasteiger partial charge in [-0.3, -0.25) is 4.57 Å². The van der Waals surface area contributed by atoms with Crippen molar-refractivity contribution in [3.63, 3.8) is 0 Å². The number of aromatic amines is 1. The Labute approximate surface area is 110 Å². The Kier molecular flexibility index (Phi) is 3.22. The number of carboxylic acids is 1. The van der Waals surface area contributed by atoms with E-state index < -0.39 is 5.97 Å². The molecule has 5 nitrogen and oxygen atoms in total. The van der Waals surface area contributed by atoms with Crippen LogP contribution in [0.15, 0.2) is 23.0 Å². The molecule has 0 radical (unpaired) electrons. The number of nitrogens with one attached hydrogen (secondary N) is 1. The molecule has 0 aliphatic heterocycles. The second kappa shape index (κ2) is 4.57. The van der Waals surface area contributed by atoms with E-state index >= 15 is 0 Å². The maximum Gasteiger partial charge on any atom is 0.335 e. The number of H-pyrrole nitrogens is 1. The van der Waals surface area contributed by atoms with Crippen LogP contribution >= 0.6 is 0 Å². The van der Waals surface area contributed by atoms with Gasteiger partial charge >= 0.3 is 11.7 Å². The van der Waals surface area contributed by atoms with Crippen LogP contribution in [0.3, 0.4) is 0 Å². The van der Waals surface area contributed by atoms with Crippen LogP contribution in [0.1, 0.15) is 44.0 Å². The minimum atomic E-state index is -0.996. The molecule has 2 rings (SSSR count). The van der Waals surface area contributed by atoms with E-state index in [-0.39, 0.29) is 16.8 Å². The Bertz CT molecular complexity index is 678. The highest BCUT2D eigenvalue weighted by Crippen LogP contribution is 2.27. The normalized spacial score (nSPS) is 11.9. The van der Waals surface area contributed by atoms with Crippen LogP contribution in [0.25, 0.3) is 11.0 Å². The lowest BCUT2D eigenvalue weighted by atomic mass is 9.95. The summed E-state index contributed by atoms with van der Waals surface area (Å²) in [5.41, 5.74) is 1.04. The van der Waals surface area contributed by atoms with E-state index in [4.69, 9.17) is 5.11 Å². The first-order valence-corrected chi connectivity index (χ1v) is 6.41. The fourth-order valence-electron chi connectivity index (χ4n) is 2.35. The van der Waals surface area contributed by atoms with Crippen molar-refractivity contribution >= 4 is 17.0 Å². The van der Waals surface area contributed by atoms with Gasteiger partial charge in [-0.2, -0.15) is 0 Å². The summed E-state index contributed by atoms with van der Waals surface area (Å²) in [6.45, 7) is 6.12. The lowest BCUT2D eigenvalue weighted by Crippen LogP contribution is -2.36. The molecule has 0 saturated carbocycles. The van der Waals surface area contributed by atoms with E-state index in [1.165, 1.54) is 12.1 Å². The second-order valence-corrected chi connectivity index (χ2v) is 5.01. The summed E-state index contributed by atoms with van der Waals surface area (Å²) in [5, 5.41) is 8.97. The van der Waals surface area contributed by atoms with Gasteiger partial charge in [-0.05, 0) is 38.0 Å². The van der Waals surface area contributed by atoms with Crippen molar-refractivity contribution < 1.29 is 9.90 Å². The predicted molar refractivity (Wildman–Crippen MR) is 73.7 cm³/mol. The van der Waals surface area contributed by atoms with Crippen LogP contribution in [0, 0.1) is 0 Å². The maximum atomic E-state index is 12.1. The Morgan fingerprint density at radius 3 is 2.53 bits per heavy atom. The molecule has 1 aromatic carbocycles. The monoisotopic (exact) mass is 262 g/mol. The lowest BCUT2D eigenvalue weighted by Gasteiger charge is -2.28. The Morgan fingerprint density at radius 1 is 1.37 bits per heavy atom. The van der Waals surface area contributed by atoms with Crippen LogP contribution in [-0.4, -0.2) is 20.6 Å². The van der Waals surface area contributed by atoms with E-state index in [1.54, 1.807) is 10.6 Å². The molecule has 1 heterocycles. The van der Waals surface area contributed by atoms with Gasteiger partial charge in [-0.15, -0.1) is 0 Å². The molecule has 2 aromatic rings. The molecule has 0 aliphatic rings. The molecule has 0 spiro atoms. The largest absolute Gasteiger partial charge is 0.478 e. The molecule has 0 saturated heterocycles. The Hall–Kier alpha value is -2.04. The van der Waals surface area contributed by atoms with Crippen molar-refractivity contribution in [1.29, 1.82) is 0 Å². The number of carboxylic acid groups (broad SMARTS) is 1. The zero-order valence-corrected chi connectivity index (χ0v) is 11.4. The fraction of sp³-hybridized carbons (Fsp3) is 0.429. The van der Waals surface area contributed by atoms with Crippen LogP contribution < -0.4 is 5.69 Å². The van der Waals surface area contributed by atoms with Gasteiger partial charge in [0.1, 0.15) is 0 Å². The minimum absolute atomic E-state index is 0.176. The molecule has 2 N–H and O–H groups in total. The average molecular weight is 262 g/mol. The molecular formula is C14H18N2O3. The molecule has 0 unspecified atom stereocenters. The van der Waals surface area contributed by atoms with Crippen molar-refractivity contribution in [3.05, 3.63) is 34.2 Å². The molecule has 0 amide bonds. The zero-order valence-electron chi connectivity index (χ0n) is 11.4. The van der Waals surface area contributed by atoms with Crippen molar-refractivity contribution in [2.45, 2.75) is 39.2 Å². The third-order valence-corrected chi connectivity index (χ3v) is 3.99. The number of imidazole rings is 1. The molecule has 0 fully saturated rings. The van der Waals surface area contributed by atoms with E-state index in [0.717, 1.165) is 18.4 Å². The molecule has 1 aromatic heterocycles. The van der Waals surface area contributed by atoms with Gasteiger partial charge in [0.15, 0.2) is 0 Å². The van der Waals surface area contributed by atoms with Crippen molar-refractivity contribution in [3.8, 4) is 0 Å². The van der Waals surface area contributed by atoms with Gasteiger partial charge in [0.2, 0.25) is 0 Å². The summed E-state index contributed by atoms with van der Waals surface area (Å²) in [7, 11) is 0. The van der Waals surface area contributed by atoms with E-state index in [0.29, 0.717) is 5.52 Å². The first kappa shape index (κ1) is 13.4. The lowest BCUT2D eigenvalue weighted by molar-refractivity contribution is 0.0697. The molecule has 19 heavy (non-hydrogen) atoms. The molecule has 102 valence electrons.